The van der Waals surface area contributed by atoms with Gasteiger partial charge >= 0.3 is 6.18 Å². The minimum Gasteiger partial charge on any atom is -0.338 e. The number of hydrogen-bond donors (Lipinski definition) is 0. The highest BCUT2D eigenvalue weighted by Gasteiger charge is 2.37. The maximum Gasteiger partial charge on any atom is 0.417 e. The van der Waals surface area contributed by atoms with Gasteiger partial charge in [0.05, 0.1) is 18.3 Å². The molecule has 2 aliphatic heterocycles. The molecule has 0 unspecified atom stereocenters. The van der Waals surface area contributed by atoms with Gasteiger partial charge in [0, 0.05) is 69.2 Å². The fourth-order valence-electron chi connectivity index (χ4n) is 4.94. The number of hydrogen-bond acceptors (Lipinski definition) is 4. The molecule has 0 saturated carbocycles. The average Bonchev–Trinajstić information content (AvgIpc) is 3.34. The predicted molar refractivity (Wildman–Crippen MR) is 117 cm³/mol. The molecule has 0 radical (unpaired) electrons. The molecule has 10 heteroatoms. The Morgan fingerprint density at radius 2 is 1.91 bits per heavy atom. The number of nitrogens with zero attached hydrogens (tertiary/aromatic N) is 6. The van der Waals surface area contributed by atoms with Crippen molar-refractivity contribution in [1.82, 2.24) is 24.5 Å². The topological polar surface area (TPSA) is 59.2 Å². The number of halogens is 3. The molecule has 0 saturated heterocycles. The van der Waals surface area contributed by atoms with Gasteiger partial charge in [-0.3, -0.25) is 14.2 Å². The van der Waals surface area contributed by atoms with E-state index in [1.807, 2.05) is 11.9 Å². The van der Waals surface area contributed by atoms with Gasteiger partial charge in [0.2, 0.25) is 5.91 Å². The van der Waals surface area contributed by atoms with Crippen molar-refractivity contribution in [2.45, 2.75) is 38.9 Å². The van der Waals surface area contributed by atoms with Crippen molar-refractivity contribution >= 4 is 17.4 Å². The third-order valence-electron chi connectivity index (χ3n) is 6.58. The molecule has 3 aromatic rings. The fraction of sp³-hybridized carbons (Fsp3) is 0.435. The van der Waals surface area contributed by atoms with Crippen molar-refractivity contribution in [2.75, 3.05) is 18.0 Å². The smallest absolute Gasteiger partial charge is 0.338 e. The highest BCUT2D eigenvalue weighted by Crippen LogP contribution is 2.44. The van der Waals surface area contributed by atoms with E-state index in [-0.39, 0.29) is 11.5 Å². The molecule has 0 N–H and O–H groups in total. The molecular formula is C23H25F3N6O. The number of alkyl halides is 3. The van der Waals surface area contributed by atoms with Crippen LogP contribution in [0.2, 0.25) is 0 Å². The first-order valence-electron chi connectivity index (χ1n) is 10.9. The minimum absolute atomic E-state index is 0.0185. The van der Waals surface area contributed by atoms with Crippen LogP contribution in [-0.2, 0) is 44.5 Å². The summed E-state index contributed by atoms with van der Waals surface area (Å²) >= 11 is 0. The fourth-order valence-corrected chi connectivity index (χ4v) is 4.94. The lowest BCUT2D eigenvalue weighted by atomic mass is 9.92. The summed E-state index contributed by atoms with van der Waals surface area (Å²) in [4.78, 5) is 15.6. The zero-order chi connectivity index (χ0) is 23.5. The predicted octanol–water partition coefficient (Wildman–Crippen LogP) is 3.83. The summed E-state index contributed by atoms with van der Waals surface area (Å²) in [5.41, 5.74) is 3.22. The van der Waals surface area contributed by atoms with Gasteiger partial charge in [-0.2, -0.15) is 23.4 Å². The van der Waals surface area contributed by atoms with Crippen LogP contribution in [0.1, 0.15) is 35.7 Å². The number of anilines is 2. The number of fused-ring (bicyclic) bond motifs is 2. The van der Waals surface area contributed by atoms with Crippen LogP contribution in [0, 0.1) is 0 Å². The van der Waals surface area contributed by atoms with E-state index >= 15 is 0 Å². The molecule has 33 heavy (non-hydrogen) atoms. The molecule has 0 spiro atoms. The highest BCUT2D eigenvalue weighted by molar-refractivity contribution is 5.78. The monoisotopic (exact) mass is 458 g/mol. The lowest BCUT2D eigenvalue weighted by Gasteiger charge is -2.33. The maximum atomic E-state index is 14.1. The van der Waals surface area contributed by atoms with Gasteiger partial charge in [-0.05, 0) is 36.1 Å². The number of rotatable bonds is 2. The molecule has 7 nitrogen and oxygen atoms in total. The van der Waals surface area contributed by atoms with Gasteiger partial charge < -0.3 is 9.80 Å². The summed E-state index contributed by atoms with van der Waals surface area (Å²) in [6, 6.07) is 2.90. The van der Waals surface area contributed by atoms with Crippen molar-refractivity contribution in [3.63, 3.8) is 0 Å². The number of carbonyl (C=O) groups is 1. The largest absolute Gasteiger partial charge is 0.417 e. The van der Waals surface area contributed by atoms with Crippen LogP contribution >= 0.6 is 0 Å². The molecule has 0 atom stereocenters. The standard InChI is InChI=1S/C23H25F3N6O/c1-14(33)31-8-6-20-18(13-31)22(28-30(20)3)32-7-4-5-15-9-17(16-11-27-29(2)12-16)19(10-21(15)32)23(24,25)26/h9-12H,4-8,13H2,1-3H3. The van der Waals surface area contributed by atoms with Gasteiger partial charge in [-0.25, -0.2) is 0 Å². The van der Waals surface area contributed by atoms with Gasteiger partial charge in [0.25, 0.3) is 0 Å². The van der Waals surface area contributed by atoms with Crippen molar-refractivity contribution in [3.05, 3.63) is 46.9 Å². The minimum atomic E-state index is -4.52. The van der Waals surface area contributed by atoms with Crippen molar-refractivity contribution in [2.24, 2.45) is 14.1 Å². The third kappa shape index (κ3) is 3.67. The number of aryl methyl sites for hydroxylation is 3. The average molecular weight is 458 g/mol. The van der Waals surface area contributed by atoms with E-state index in [1.54, 1.807) is 28.9 Å². The Bertz CT molecular complexity index is 1240. The van der Waals surface area contributed by atoms with E-state index in [0.29, 0.717) is 49.5 Å². The first kappa shape index (κ1) is 21.5. The van der Waals surface area contributed by atoms with E-state index in [9.17, 15) is 18.0 Å². The molecule has 2 aromatic heterocycles. The molecule has 0 bridgehead atoms. The van der Waals surface area contributed by atoms with Gasteiger partial charge in [0.1, 0.15) is 0 Å². The van der Waals surface area contributed by atoms with E-state index in [2.05, 4.69) is 5.10 Å². The lowest BCUT2D eigenvalue weighted by molar-refractivity contribution is -0.137. The van der Waals surface area contributed by atoms with Crippen molar-refractivity contribution in [1.29, 1.82) is 0 Å². The summed E-state index contributed by atoms with van der Waals surface area (Å²) in [7, 11) is 3.54. The third-order valence-corrected chi connectivity index (χ3v) is 6.58. The first-order chi connectivity index (χ1) is 15.6. The molecule has 1 amide bonds. The lowest BCUT2D eigenvalue weighted by Crippen LogP contribution is -2.35. The molecular weight excluding hydrogens is 433 g/mol. The van der Waals surface area contributed by atoms with Crippen LogP contribution in [0.25, 0.3) is 11.1 Å². The Morgan fingerprint density at radius 3 is 2.58 bits per heavy atom. The Kier molecular flexibility index (Phi) is 4.98. The Balaban J connectivity index is 1.65. The zero-order valence-corrected chi connectivity index (χ0v) is 18.8. The Labute approximate surface area is 189 Å². The molecule has 2 aliphatic rings. The molecule has 0 aliphatic carbocycles. The van der Waals surface area contributed by atoms with E-state index in [0.717, 1.165) is 23.2 Å². The van der Waals surface area contributed by atoms with Crippen LogP contribution in [-0.4, -0.2) is 43.5 Å². The van der Waals surface area contributed by atoms with Crippen molar-refractivity contribution < 1.29 is 18.0 Å². The van der Waals surface area contributed by atoms with Gasteiger partial charge in [-0.1, -0.05) is 0 Å². The molecule has 4 heterocycles. The van der Waals surface area contributed by atoms with Crippen LogP contribution in [0.5, 0.6) is 0 Å². The normalized spacial score (nSPS) is 16.1. The second-order valence-corrected chi connectivity index (χ2v) is 8.75. The van der Waals surface area contributed by atoms with Crippen LogP contribution in [0.3, 0.4) is 0 Å². The molecule has 0 fully saturated rings. The van der Waals surface area contributed by atoms with Crippen LogP contribution < -0.4 is 4.90 Å². The van der Waals surface area contributed by atoms with Crippen molar-refractivity contribution in [3.8, 4) is 11.1 Å². The zero-order valence-electron chi connectivity index (χ0n) is 18.8. The number of aromatic nitrogens is 4. The summed E-state index contributed by atoms with van der Waals surface area (Å²) in [6.45, 7) is 3.14. The number of carbonyl (C=O) groups excluding carboxylic acids is 1. The van der Waals surface area contributed by atoms with Crippen LogP contribution in [0.4, 0.5) is 24.7 Å². The van der Waals surface area contributed by atoms with E-state index in [4.69, 9.17) is 5.10 Å². The first-order valence-corrected chi connectivity index (χ1v) is 10.9. The summed E-state index contributed by atoms with van der Waals surface area (Å²) in [5, 5.41) is 8.75. The van der Waals surface area contributed by atoms with Gasteiger partial charge in [-0.15, -0.1) is 0 Å². The second kappa shape index (κ2) is 7.64. The van der Waals surface area contributed by atoms with Gasteiger partial charge in [0.15, 0.2) is 5.82 Å². The van der Waals surface area contributed by atoms with E-state index in [1.165, 1.54) is 23.9 Å². The quantitative estimate of drug-likeness (QED) is 0.586. The molecule has 174 valence electrons. The Morgan fingerprint density at radius 1 is 1.12 bits per heavy atom. The highest BCUT2D eigenvalue weighted by atomic mass is 19.4. The SMILES string of the molecule is CC(=O)N1CCc2c(c(N3CCCc4cc(-c5cnn(C)c5)c(C(F)(F)F)cc43)nn2C)C1. The molecule has 1 aromatic carbocycles. The molecule has 5 rings (SSSR count). The Hall–Kier alpha value is -3.30. The maximum absolute atomic E-state index is 14.1. The van der Waals surface area contributed by atoms with Crippen LogP contribution in [0.15, 0.2) is 24.5 Å². The van der Waals surface area contributed by atoms with E-state index < -0.39 is 11.7 Å². The summed E-state index contributed by atoms with van der Waals surface area (Å²) in [5.74, 6) is 0.622. The number of amides is 1. The second-order valence-electron chi connectivity index (χ2n) is 8.75. The summed E-state index contributed by atoms with van der Waals surface area (Å²) in [6.07, 6.45) is 0.704. The summed E-state index contributed by atoms with van der Waals surface area (Å²) < 4.78 is 45.7. The number of benzene rings is 1.